The standard InChI is InChI=1S/C25H33N3O3/c1-18-10-12-23(13-11-18)31-17-22(29)15-27(4)16-24-19(2)26-28(20(24)3)14-21-8-6-7-9-25(21)30-5/h6-13,22,29H,14-17H2,1-5H3. The van der Waals surface area contributed by atoms with Crippen LogP contribution in [0.2, 0.25) is 0 Å². The number of para-hydroxylation sites is 1. The summed E-state index contributed by atoms with van der Waals surface area (Å²) in [4.78, 5) is 2.10. The molecule has 6 nitrogen and oxygen atoms in total. The van der Waals surface area contributed by atoms with Gasteiger partial charge in [0.1, 0.15) is 24.2 Å². The fourth-order valence-electron chi connectivity index (χ4n) is 3.69. The maximum atomic E-state index is 10.4. The van der Waals surface area contributed by atoms with E-state index in [0.29, 0.717) is 19.6 Å². The summed E-state index contributed by atoms with van der Waals surface area (Å²) in [5.41, 5.74) is 5.60. The Morgan fingerprint density at radius 1 is 1.06 bits per heavy atom. The van der Waals surface area contributed by atoms with Gasteiger partial charge in [-0.2, -0.15) is 5.10 Å². The zero-order valence-electron chi connectivity index (χ0n) is 19.1. The average Bonchev–Trinajstić information content (AvgIpc) is 3.01. The number of aliphatic hydroxyl groups excluding tert-OH is 1. The number of methoxy groups -OCH3 is 1. The van der Waals surface area contributed by atoms with E-state index in [-0.39, 0.29) is 6.61 Å². The topological polar surface area (TPSA) is 59.8 Å². The van der Waals surface area contributed by atoms with E-state index in [1.807, 2.05) is 68.0 Å². The highest BCUT2D eigenvalue weighted by Gasteiger charge is 2.17. The summed E-state index contributed by atoms with van der Waals surface area (Å²) in [5, 5.41) is 15.2. The number of aliphatic hydroxyl groups is 1. The van der Waals surface area contributed by atoms with Crippen molar-refractivity contribution in [3.8, 4) is 11.5 Å². The van der Waals surface area contributed by atoms with Crippen molar-refractivity contribution in [3.63, 3.8) is 0 Å². The van der Waals surface area contributed by atoms with Crippen molar-refractivity contribution in [2.24, 2.45) is 0 Å². The Labute approximate surface area is 185 Å². The molecule has 1 heterocycles. The first-order valence-electron chi connectivity index (χ1n) is 10.6. The van der Waals surface area contributed by atoms with Crippen molar-refractivity contribution >= 4 is 0 Å². The summed E-state index contributed by atoms with van der Waals surface area (Å²) < 4.78 is 13.2. The minimum absolute atomic E-state index is 0.262. The predicted octanol–water partition coefficient (Wildman–Crippen LogP) is 3.74. The zero-order chi connectivity index (χ0) is 22.4. The summed E-state index contributed by atoms with van der Waals surface area (Å²) in [5.74, 6) is 1.64. The highest BCUT2D eigenvalue weighted by molar-refractivity contribution is 5.34. The maximum Gasteiger partial charge on any atom is 0.123 e. The van der Waals surface area contributed by atoms with Gasteiger partial charge < -0.3 is 14.6 Å². The van der Waals surface area contributed by atoms with E-state index < -0.39 is 6.10 Å². The molecule has 2 aromatic carbocycles. The number of aryl methyl sites for hydroxylation is 2. The second-order valence-corrected chi connectivity index (χ2v) is 8.09. The van der Waals surface area contributed by atoms with Crippen LogP contribution in [0.1, 0.15) is 28.1 Å². The lowest BCUT2D eigenvalue weighted by atomic mass is 10.1. The van der Waals surface area contributed by atoms with Gasteiger partial charge in [0.2, 0.25) is 0 Å². The Hall–Kier alpha value is -2.83. The first-order chi connectivity index (χ1) is 14.9. The highest BCUT2D eigenvalue weighted by Crippen LogP contribution is 2.22. The SMILES string of the molecule is COc1ccccc1Cn1nc(C)c(CN(C)CC(O)COc2ccc(C)cc2)c1C. The molecule has 1 unspecified atom stereocenters. The second-order valence-electron chi connectivity index (χ2n) is 8.09. The van der Waals surface area contributed by atoms with Gasteiger partial charge in [-0.3, -0.25) is 9.58 Å². The number of ether oxygens (including phenoxy) is 2. The Kier molecular flexibility index (Phi) is 7.71. The largest absolute Gasteiger partial charge is 0.496 e. The number of benzene rings is 2. The first kappa shape index (κ1) is 22.8. The third-order valence-corrected chi connectivity index (χ3v) is 5.46. The lowest BCUT2D eigenvalue weighted by Crippen LogP contribution is -2.33. The summed E-state index contributed by atoms with van der Waals surface area (Å²) in [7, 11) is 3.69. The van der Waals surface area contributed by atoms with Gasteiger partial charge in [0.05, 0.1) is 19.3 Å². The molecule has 0 aliphatic carbocycles. The molecule has 166 valence electrons. The van der Waals surface area contributed by atoms with Crippen LogP contribution in [-0.4, -0.2) is 53.2 Å². The molecule has 0 aliphatic rings. The molecule has 0 fully saturated rings. The molecule has 6 heteroatoms. The predicted molar refractivity (Wildman–Crippen MR) is 123 cm³/mol. The molecule has 3 aromatic rings. The average molecular weight is 424 g/mol. The van der Waals surface area contributed by atoms with Gasteiger partial charge in [-0.15, -0.1) is 0 Å². The van der Waals surface area contributed by atoms with E-state index in [0.717, 1.165) is 28.5 Å². The minimum atomic E-state index is -0.574. The monoisotopic (exact) mass is 423 g/mol. The number of rotatable bonds is 10. The second kappa shape index (κ2) is 10.5. The fourth-order valence-corrected chi connectivity index (χ4v) is 3.69. The van der Waals surface area contributed by atoms with E-state index in [1.165, 1.54) is 11.1 Å². The van der Waals surface area contributed by atoms with Crippen molar-refractivity contribution in [2.45, 2.75) is 40.0 Å². The summed E-state index contributed by atoms with van der Waals surface area (Å²) >= 11 is 0. The fraction of sp³-hybridized carbons (Fsp3) is 0.400. The van der Waals surface area contributed by atoms with Gasteiger partial charge in [0, 0.05) is 29.9 Å². The molecule has 0 bridgehead atoms. The van der Waals surface area contributed by atoms with Gasteiger partial charge >= 0.3 is 0 Å². The molecule has 0 aliphatic heterocycles. The van der Waals surface area contributed by atoms with E-state index in [1.54, 1.807) is 7.11 Å². The number of hydrogen-bond donors (Lipinski definition) is 1. The van der Waals surface area contributed by atoms with Crippen molar-refractivity contribution in [2.75, 3.05) is 27.3 Å². The van der Waals surface area contributed by atoms with Crippen molar-refractivity contribution < 1.29 is 14.6 Å². The van der Waals surface area contributed by atoms with Gasteiger partial charge in [0.25, 0.3) is 0 Å². The third kappa shape index (κ3) is 6.09. The maximum absolute atomic E-state index is 10.4. The van der Waals surface area contributed by atoms with Crippen LogP contribution in [0.15, 0.2) is 48.5 Å². The Balaban J connectivity index is 1.58. The van der Waals surface area contributed by atoms with Gasteiger partial charge in [-0.05, 0) is 46.0 Å². The van der Waals surface area contributed by atoms with Gasteiger partial charge in [-0.1, -0.05) is 35.9 Å². The molecular formula is C25H33N3O3. The number of nitrogens with zero attached hydrogens (tertiary/aromatic N) is 3. The minimum Gasteiger partial charge on any atom is -0.496 e. The Morgan fingerprint density at radius 2 is 1.77 bits per heavy atom. The van der Waals surface area contributed by atoms with Crippen LogP contribution in [0.25, 0.3) is 0 Å². The zero-order valence-corrected chi connectivity index (χ0v) is 19.1. The molecule has 1 aromatic heterocycles. The molecule has 1 atom stereocenters. The molecule has 0 saturated heterocycles. The number of aromatic nitrogens is 2. The van der Waals surface area contributed by atoms with E-state index >= 15 is 0 Å². The third-order valence-electron chi connectivity index (χ3n) is 5.46. The molecule has 0 radical (unpaired) electrons. The van der Waals surface area contributed by atoms with Crippen LogP contribution in [0.5, 0.6) is 11.5 Å². The van der Waals surface area contributed by atoms with E-state index in [9.17, 15) is 5.11 Å². The van der Waals surface area contributed by atoms with Crippen LogP contribution in [-0.2, 0) is 13.1 Å². The van der Waals surface area contributed by atoms with Crippen LogP contribution in [0.3, 0.4) is 0 Å². The van der Waals surface area contributed by atoms with Crippen LogP contribution >= 0.6 is 0 Å². The van der Waals surface area contributed by atoms with Crippen LogP contribution in [0.4, 0.5) is 0 Å². The number of hydrogen-bond acceptors (Lipinski definition) is 5. The Bertz CT molecular complexity index is 982. The van der Waals surface area contributed by atoms with Crippen molar-refractivity contribution in [3.05, 3.63) is 76.6 Å². The Morgan fingerprint density at radius 3 is 2.48 bits per heavy atom. The van der Waals surface area contributed by atoms with E-state index in [4.69, 9.17) is 14.6 Å². The first-order valence-corrected chi connectivity index (χ1v) is 10.6. The lowest BCUT2D eigenvalue weighted by molar-refractivity contribution is 0.0743. The molecule has 3 rings (SSSR count). The summed E-state index contributed by atoms with van der Waals surface area (Å²) in [6.45, 7) is 8.32. The number of likely N-dealkylation sites (N-methyl/N-ethyl adjacent to an activating group) is 1. The molecule has 0 amide bonds. The van der Waals surface area contributed by atoms with Crippen LogP contribution in [0, 0.1) is 20.8 Å². The van der Waals surface area contributed by atoms with Crippen molar-refractivity contribution in [1.82, 2.24) is 14.7 Å². The van der Waals surface area contributed by atoms with Gasteiger partial charge in [-0.25, -0.2) is 0 Å². The molecule has 31 heavy (non-hydrogen) atoms. The quantitative estimate of drug-likeness (QED) is 0.538. The normalized spacial score (nSPS) is 12.2. The molecular weight excluding hydrogens is 390 g/mol. The lowest BCUT2D eigenvalue weighted by Gasteiger charge is -2.21. The van der Waals surface area contributed by atoms with Gasteiger partial charge in [0.15, 0.2) is 0 Å². The van der Waals surface area contributed by atoms with Crippen molar-refractivity contribution in [1.29, 1.82) is 0 Å². The van der Waals surface area contributed by atoms with E-state index in [2.05, 4.69) is 17.9 Å². The van der Waals surface area contributed by atoms with Crippen LogP contribution < -0.4 is 9.47 Å². The molecule has 1 N–H and O–H groups in total. The molecule has 0 saturated carbocycles. The highest BCUT2D eigenvalue weighted by atomic mass is 16.5. The summed E-state index contributed by atoms with van der Waals surface area (Å²) in [6, 6.07) is 15.9. The smallest absolute Gasteiger partial charge is 0.123 e. The summed E-state index contributed by atoms with van der Waals surface area (Å²) in [6.07, 6.45) is -0.574. The molecule has 0 spiro atoms.